The highest BCUT2D eigenvalue weighted by atomic mass is 32.2. The van der Waals surface area contributed by atoms with Crippen LogP contribution in [0.3, 0.4) is 0 Å². The summed E-state index contributed by atoms with van der Waals surface area (Å²) in [6.07, 6.45) is -0.594. The van der Waals surface area contributed by atoms with Crippen LogP contribution < -0.4 is 5.32 Å². The number of carbonyl (C=O) groups excluding carboxylic acids is 2. The van der Waals surface area contributed by atoms with Crippen LogP contribution in [0, 0.1) is 6.92 Å². The Bertz CT molecular complexity index is 940. The monoisotopic (exact) mass is 417 g/mol. The molecule has 28 heavy (non-hydrogen) atoms. The first-order valence-corrected chi connectivity index (χ1v) is 10.5. The zero-order valence-electron chi connectivity index (χ0n) is 15.4. The van der Waals surface area contributed by atoms with Gasteiger partial charge in [0.15, 0.2) is 11.9 Å². The number of aromatic nitrogens is 2. The van der Waals surface area contributed by atoms with Crippen LogP contribution in [0.15, 0.2) is 50.6 Å². The minimum atomic E-state index is -0.930. The Morgan fingerprint density at radius 1 is 1.36 bits per heavy atom. The second kappa shape index (κ2) is 9.52. The molecule has 0 saturated carbocycles. The van der Waals surface area contributed by atoms with Crippen LogP contribution in [0.1, 0.15) is 35.2 Å². The number of anilines is 1. The van der Waals surface area contributed by atoms with Gasteiger partial charge in [0, 0.05) is 22.1 Å². The third kappa shape index (κ3) is 5.20. The zero-order chi connectivity index (χ0) is 19.9. The number of amides is 1. The first kappa shape index (κ1) is 20.1. The van der Waals surface area contributed by atoms with Gasteiger partial charge in [-0.3, -0.25) is 4.79 Å². The summed E-state index contributed by atoms with van der Waals surface area (Å²) in [5.41, 5.74) is 3.15. The van der Waals surface area contributed by atoms with E-state index in [4.69, 9.17) is 9.26 Å². The molecule has 3 rings (SSSR count). The fraction of sp³-hybridized carbons (Fsp3) is 0.263. The van der Waals surface area contributed by atoms with Crippen LogP contribution in [-0.2, 0) is 15.3 Å². The van der Waals surface area contributed by atoms with E-state index in [1.165, 1.54) is 23.1 Å². The maximum atomic E-state index is 12.7. The SMILES string of the molecule is CCC(OC(=O)c1ccccc1SCc1cscn1)C(=O)Nc1cc(C)on1. The van der Waals surface area contributed by atoms with Gasteiger partial charge in [0.25, 0.3) is 5.91 Å². The molecule has 3 aromatic rings. The van der Waals surface area contributed by atoms with Gasteiger partial charge in [0.2, 0.25) is 0 Å². The number of nitrogens with zero attached hydrogens (tertiary/aromatic N) is 2. The molecule has 2 aromatic heterocycles. The molecule has 2 heterocycles. The predicted molar refractivity (Wildman–Crippen MR) is 107 cm³/mol. The Labute approximate surface area is 170 Å². The minimum Gasteiger partial charge on any atom is -0.449 e. The van der Waals surface area contributed by atoms with Crippen LogP contribution in [0.4, 0.5) is 5.82 Å². The van der Waals surface area contributed by atoms with Gasteiger partial charge in [-0.2, -0.15) is 0 Å². The Balaban J connectivity index is 1.66. The van der Waals surface area contributed by atoms with Gasteiger partial charge in [-0.25, -0.2) is 9.78 Å². The number of ether oxygens (including phenoxy) is 1. The van der Waals surface area contributed by atoms with Crippen LogP contribution in [-0.4, -0.2) is 28.1 Å². The number of hydrogen-bond donors (Lipinski definition) is 1. The van der Waals surface area contributed by atoms with Crippen molar-refractivity contribution >= 4 is 40.8 Å². The first-order valence-electron chi connectivity index (χ1n) is 8.61. The molecule has 0 fully saturated rings. The van der Waals surface area contributed by atoms with Crippen LogP contribution >= 0.6 is 23.1 Å². The Kier molecular flexibility index (Phi) is 6.83. The molecule has 0 spiro atoms. The van der Waals surface area contributed by atoms with Crippen molar-refractivity contribution in [2.75, 3.05) is 5.32 Å². The predicted octanol–water partition coefficient (Wildman–Crippen LogP) is 4.31. The molecule has 146 valence electrons. The van der Waals surface area contributed by atoms with Crippen molar-refractivity contribution in [2.45, 2.75) is 37.0 Å². The third-order valence-electron chi connectivity index (χ3n) is 3.76. The van der Waals surface area contributed by atoms with E-state index in [9.17, 15) is 9.59 Å². The molecule has 7 nitrogen and oxygen atoms in total. The molecule has 1 N–H and O–H groups in total. The van der Waals surface area contributed by atoms with Crippen molar-refractivity contribution in [3.8, 4) is 0 Å². The quantitative estimate of drug-likeness (QED) is 0.431. The number of nitrogens with one attached hydrogen (secondary N) is 1. The summed E-state index contributed by atoms with van der Waals surface area (Å²) in [5.74, 6) is 0.524. The average molecular weight is 418 g/mol. The highest BCUT2D eigenvalue weighted by Crippen LogP contribution is 2.27. The van der Waals surface area contributed by atoms with Gasteiger partial charge in [-0.05, 0) is 25.5 Å². The van der Waals surface area contributed by atoms with Gasteiger partial charge >= 0.3 is 5.97 Å². The third-order valence-corrected chi connectivity index (χ3v) is 5.50. The molecule has 0 aliphatic rings. The lowest BCUT2D eigenvalue weighted by molar-refractivity contribution is -0.124. The van der Waals surface area contributed by atoms with Gasteiger partial charge < -0.3 is 14.6 Å². The zero-order valence-corrected chi connectivity index (χ0v) is 17.0. The average Bonchev–Trinajstić information content (AvgIpc) is 3.36. The van der Waals surface area contributed by atoms with E-state index in [1.54, 1.807) is 37.6 Å². The van der Waals surface area contributed by atoms with Gasteiger partial charge in [-0.1, -0.05) is 24.2 Å². The number of thiazole rings is 1. The largest absolute Gasteiger partial charge is 0.449 e. The molecule has 0 aliphatic heterocycles. The highest BCUT2D eigenvalue weighted by molar-refractivity contribution is 7.98. The summed E-state index contributed by atoms with van der Waals surface area (Å²) in [6, 6.07) is 8.76. The molecule has 1 unspecified atom stereocenters. The van der Waals surface area contributed by atoms with Crippen molar-refractivity contribution in [2.24, 2.45) is 0 Å². The normalized spacial score (nSPS) is 11.8. The molecule has 1 amide bonds. The van der Waals surface area contributed by atoms with E-state index < -0.39 is 18.0 Å². The fourth-order valence-electron chi connectivity index (χ4n) is 2.37. The molecule has 1 atom stereocenters. The molecule has 0 saturated heterocycles. The molecular formula is C19H19N3O4S2. The molecular weight excluding hydrogens is 398 g/mol. The summed E-state index contributed by atoms with van der Waals surface area (Å²) in [7, 11) is 0. The standard InChI is InChI=1S/C19H19N3O4S2/c1-3-15(18(23)21-17-8-12(2)26-22-17)25-19(24)14-6-4-5-7-16(14)28-10-13-9-27-11-20-13/h4-9,11,15H,3,10H2,1-2H3,(H,21,22,23). The topological polar surface area (TPSA) is 94.3 Å². The molecule has 0 radical (unpaired) electrons. The molecule has 1 aromatic carbocycles. The molecule has 0 aliphatic carbocycles. The molecule has 9 heteroatoms. The smallest absolute Gasteiger partial charge is 0.340 e. The van der Waals surface area contributed by atoms with Crippen LogP contribution in [0.5, 0.6) is 0 Å². The summed E-state index contributed by atoms with van der Waals surface area (Å²) in [6.45, 7) is 3.49. The van der Waals surface area contributed by atoms with Gasteiger partial charge in [-0.15, -0.1) is 23.1 Å². The molecule has 0 bridgehead atoms. The van der Waals surface area contributed by atoms with Gasteiger partial charge in [0.1, 0.15) is 5.76 Å². The van der Waals surface area contributed by atoms with E-state index in [-0.39, 0.29) is 5.82 Å². The van der Waals surface area contributed by atoms with Crippen LogP contribution in [0.2, 0.25) is 0 Å². The van der Waals surface area contributed by atoms with E-state index in [2.05, 4.69) is 15.5 Å². The number of hydrogen-bond acceptors (Lipinski definition) is 8. The maximum absolute atomic E-state index is 12.7. The van der Waals surface area contributed by atoms with E-state index in [1.807, 2.05) is 17.5 Å². The number of aryl methyl sites for hydroxylation is 1. The van der Waals surface area contributed by atoms with Crippen molar-refractivity contribution in [3.05, 3.63) is 58.2 Å². The number of thioether (sulfide) groups is 1. The number of benzene rings is 1. The highest BCUT2D eigenvalue weighted by Gasteiger charge is 2.24. The summed E-state index contributed by atoms with van der Waals surface area (Å²) < 4.78 is 10.4. The number of carbonyl (C=O) groups is 2. The maximum Gasteiger partial charge on any atom is 0.340 e. The Morgan fingerprint density at radius 3 is 2.86 bits per heavy atom. The minimum absolute atomic E-state index is 0.288. The van der Waals surface area contributed by atoms with Crippen molar-refractivity contribution < 1.29 is 18.8 Å². The van der Waals surface area contributed by atoms with Gasteiger partial charge in [0.05, 0.1) is 16.8 Å². The first-order chi connectivity index (χ1) is 13.6. The van der Waals surface area contributed by atoms with Crippen molar-refractivity contribution in [3.63, 3.8) is 0 Å². The number of esters is 1. The summed E-state index contributed by atoms with van der Waals surface area (Å²) >= 11 is 3.03. The van der Waals surface area contributed by atoms with E-state index in [0.717, 1.165) is 10.6 Å². The lowest BCUT2D eigenvalue weighted by atomic mass is 10.2. The Hall–Kier alpha value is -2.65. The Morgan fingerprint density at radius 2 is 2.18 bits per heavy atom. The van der Waals surface area contributed by atoms with E-state index in [0.29, 0.717) is 23.5 Å². The van der Waals surface area contributed by atoms with Crippen LogP contribution in [0.25, 0.3) is 0 Å². The number of rotatable bonds is 8. The van der Waals surface area contributed by atoms with Crippen molar-refractivity contribution in [1.82, 2.24) is 10.1 Å². The second-order valence-corrected chi connectivity index (χ2v) is 7.61. The lowest BCUT2D eigenvalue weighted by Gasteiger charge is -2.16. The van der Waals surface area contributed by atoms with Crippen molar-refractivity contribution in [1.29, 1.82) is 0 Å². The summed E-state index contributed by atoms with van der Waals surface area (Å²) in [4.78, 5) is 30.1. The second-order valence-electron chi connectivity index (χ2n) is 5.88. The fourth-order valence-corrected chi connectivity index (χ4v) is 3.98. The lowest BCUT2D eigenvalue weighted by Crippen LogP contribution is -2.32. The van der Waals surface area contributed by atoms with E-state index >= 15 is 0 Å². The summed E-state index contributed by atoms with van der Waals surface area (Å²) in [5, 5.41) is 8.28.